The molecule has 0 unspecified atom stereocenters. The first-order valence-electron chi connectivity index (χ1n) is 7.97. The summed E-state index contributed by atoms with van der Waals surface area (Å²) in [4.78, 5) is 25.9. The summed E-state index contributed by atoms with van der Waals surface area (Å²) in [6.45, 7) is 2.03. The van der Waals surface area contributed by atoms with Crippen LogP contribution in [0.4, 0.5) is 11.4 Å². The van der Waals surface area contributed by atoms with Crippen LogP contribution in [0.2, 0.25) is 0 Å². The van der Waals surface area contributed by atoms with Crippen LogP contribution < -0.4 is 10.2 Å². The predicted octanol–water partition coefficient (Wildman–Crippen LogP) is 3.36. The van der Waals surface area contributed by atoms with Gasteiger partial charge in [-0.05, 0) is 36.8 Å². The maximum atomic E-state index is 12.4. The first-order valence-corrected chi connectivity index (χ1v) is 9.02. The second-order valence-corrected chi connectivity index (χ2v) is 6.94. The van der Waals surface area contributed by atoms with E-state index in [-0.39, 0.29) is 23.8 Å². The molecule has 2 amide bonds. The number of carbonyl (C=O) groups is 2. The number of aryl methyl sites for hydroxylation is 1. The fourth-order valence-corrected chi connectivity index (χ4v) is 3.92. The number of rotatable bonds is 5. The molecule has 0 spiro atoms. The van der Waals surface area contributed by atoms with Crippen molar-refractivity contribution in [2.75, 3.05) is 29.7 Å². The summed E-state index contributed by atoms with van der Waals surface area (Å²) in [5.74, 6) is 0.330. The van der Waals surface area contributed by atoms with Gasteiger partial charge in [0.05, 0.1) is 5.75 Å². The lowest BCUT2D eigenvalue weighted by atomic mass is 10.1. The highest BCUT2D eigenvalue weighted by Gasteiger charge is 2.34. The molecule has 1 saturated heterocycles. The highest BCUT2D eigenvalue weighted by molar-refractivity contribution is 8.00. The average molecular weight is 356 g/mol. The number of carbonyl (C=O) groups excluding carboxylic acids is 2. The molecule has 1 aliphatic heterocycles. The van der Waals surface area contributed by atoms with E-state index in [0.29, 0.717) is 11.4 Å². The second kappa shape index (κ2) is 7.72. The molecule has 1 atom stereocenters. The number of hydrogen-bond donors (Lipinski definition) is 1. The Morgan fingerprint density at radius 3 is 2.76 bits per heavy atom. The van der Waals surface area contributed by atoms with Gasteiger partial charge >= 0.3 is 0 Å². The smallest absolute Gasteiger partial charge is 0.250 e. The molecule has 130 valence electrons. The van der Waals surface area contributed by atoms with Crippen molar-refractivity contribution in [3.63, 3.8) is 0 Å². The van der Waals surface area contributed by atoms with Crippen LogP contribution >= 0.6 is 11.8 Å². The Bertz CT molecular complexity index is 776. The van der Waals surface area contributed by atoms with Gasteiger partial charge in [0.25, 0.3) is 0 Å². The molecule has 25 heavy (non-hydrogen) atoms. The SMILES string of the molecule is COCC(=O)Nc1cccc([C@H]2SCC(=O)N2c2ccc(C)cc2)c1. The maximum absolute atomic E-state index is 12.4. The van der Waals surface area contributed by atoms with Crippen LogP contribution in [0.3, 0.4) is 0 Å². The zero-order valence-electron chi connectivity index (χ0n) is 14.2. The number of nitrogens with zero attached hydrogens (tertiary/aromatic N) is 1. The van der Waals surface area contributed by atoms with E-state index >= 15 is 0 Å². The van der Waals surface area contributed by atoms with Gasteiger partial charge in [0.1, 0.15) is 12.0 Å². The molecule has 6 heteroatoms. The Morgan fingerprint density at radius 1 is 1.28 bits per heavy atom. The lowest BCUT2D eigenvalue weighted by Crippen LogP contribution is -2.27. The Hall–Kier alpha value is -2.31. The summed E-state index contributed by atoms with van der Waals surface area (Å²) in [5, 5.41) is 2.70. The van der Waals surface area contributed by atoms with Gasteiger partial charge < -0.3 is 10.1 Å². The summed E-state index contributed by atoms with van der Waals surface area (Å²) in [6.07, 6.45) is 0. The van der Waals surface area contributed by atoms with Gasteiger partial charge in [0.2, 0.25) is 11.8 Å². The molecular weight excluding hydrogens is 336 g/mol. The molecule has 0 aromatic heterocycles. The highest BCUT2D eigenvalue weighted by Crippen LogP contribution is 2.42. The molecule has 3 rings (SSSR count). The zero-order valence-corrected chi connectivity index (χ0v) is 15.0. The maximum Gasteiger partial charge on any atom is 0.250 e. The Balaban J connectivity index is 1.85. The minimum absolute atomic E-state index is 0.0103. The van der Waals surface area contributed by atoms with Gasteiger partial charge in [0.15, 0.2) is 0 Å². The standard InChI is InChI=1S/C19H20N2O3S/c1-13-6-8-16(9-7-13)21-18(23)12-25-19(21)14-4-3-5-15(10-14)20-17(22)11-24-2/h3-10,19H,11-12H2,1-2H3,(H,20,22)/t19-/m1/s1. The number of anilines is 2. The predicted molar refractivity (Wildman–Crippen MR) is 101 cm³/mol. The van der Waals surface area contributed by atoms with Crippen molar-refractivity contribution >= 4 is 35.0 Å². The van der Waals surface area contributed by atoms with Gasteiger partial charge in [0, 0.05) is 18.5 Å². The van der Waals surface area contributed by atoms with Gasteiger partial charge in [-0.1, -0.05) is 29.8 Å². The van der Waals surface area contributed by atoms with E-state index in [1.54, 1.807) is 11.8 Å². The summed E-state index contributed by atoms with van der Waals surface area (Å²) < 4.78 is 4.84. The second-order valence-electron chi connectivity index (χ2n) is 5.87. The van der Waals surface area contributed by atoms with Gasteiger partial charge in [-0.25, -0.2) is 0 Å². The third-order valence-corrected chi connectivity index (χ3v) is 5.12. The van der Waals surface area contributed by atoms with E-state index in [9.17, 15) is 9.59 Å². The van der Waals surface area contributed by atoms with Crippen molar-refractivity contribution in [2.45, 2.75) is 12.3 Å². The van der Waals surface area contributed by atoms with Crippen LogP contribution in [0.1, 0.15) is 16.5 Å². The molecule has 1 aliphatic rings. The minimum atomic E-state index is -0.204. The van der Waals surface area contributed by atoms with Crippen LogP contribution in [0.25, 0.3) is 0 Å². The molecule has 0 radical (unpaired) electrons. The number of amides is 2. The Morgan fingerprint density at radius 2 is 2.04 bits per heavy atom. The monoisotopic (exact) mass is 356 g/mol. The molecule has 2 aromatic rings. The summed E-state index contributed by atoms with van der Waals surface area (Å²) in [5.41, 5.74) is 3.72. The largest absolute Gasteiger partial charge is 0.375 e. The van der Waals surface area contributed by atoms with Crippen molar-refractivity contribution in [1.29, 1.82) is 0 Å². The van der Waals surface area contributed by atoms with Gasteiger partial charge in [-0.2, -0.15) is 0 Å². The Labute approximate surface area is 151 Å². The van der Waals surface area contributed by atoms with E-state index in [0.717, 1.165) is 16.8 Å². The number of nitrogens with one attached hydrogen (secondary N) is 1. The van der Waals surface area contributed by atoms with Gasteiger partial charge in [-0.3, -0.25) is 14.5 Å². The lowest BCUT2D eigenvalue weighted by molar-refractivity contribution is -0.119. The summed E-state index contributed by atoms with van der Waals surface area (Å²) >= 11 is 1.59. The molecule has 1 N–H and O–H groups in total. The van der Waals surface area contributed by atoms with Crippen molar-refractivity contribution < 1.29 is 14.3 Å². The number of methoxy groups -OCH3 is 1. The van der Waals surface area contributed by atoms with Crippen LogP contribution in [-0.2, 0) is 14.3 Å². The molecule has 0 saturated carbocycles. The summed E-state index contributed by atoms with van der Waals surface area (Å²) in [6, 6.07) is 15.5. The number of benzene rings is 2. The average Bonchev–Trinajstić information content (AvgIpc) is 2.98. The lowest BCUT2D eigenvalue weighted by Gasteiger charge is -2.25. The van der Waals surface area contributed by atoms with Crippen molar-refractivity contribution in [3.8, 4) is 0 Å². The van der Waals surface area contributed by atoms with E-state index in [1.165, 1.54) is 7.11 Å². The first kappa shape index (κ1) is 17.5. The Kier molecular flexibility index (Phi) is 5.40. The first-order chi connectivity index (χ1) is 12.1. The van der Waals surface area contributed by atoms with Crippen LogP contribution in [-0.4, -0.2) is 31.3 Å². The normalized spacial score (nSPS) is 17.0. The quantitative estimate of drug-likeness (QED) is 0.892. The fraction of sp³-hybridized carbons (Fsp3) is 0.263. The molecule has 0 aliphatic carbocycles. The van der Waals surface area contributed by atoms with Gasteiger partial charge in [-0.15, -0.1) is 11.8 Å². The number of thioether (sulfide) groups is 1. The third kappa shape index (κ3) is 4.03. The highest BCUT2D eigenvalue weighted by atomic mass is 32.2. The van der Waals surface area contributed by atoms with E-state index in [4.69, 9.17) is 4.74 Å². The molecule has 2 aromatic carbocycles. The van der Waals surface area contributed by atoms with E-state index in [1.807, 2.05) is 60.4 Å². The van der Waals surface area contributed by atoms with E-state index in [2.05, 4.69) is 5.32 Å². The molecule has 1 fully saturated rings. The van der Waals surface area contributed by atoms with Crippen LogP contribution in [0, 0.1) is 6.92 Å². The molecule has 5 nitrogen and oxygen atoms in total. The molecule has 0 bridgehead atoms. The van der Waals surface area contributed by atoms with Crippen LogP contribution in [0.15, 0.2) is 48.5 Å². The van der Waals surface area contributed by atoms with E-state index < -0.39 is 0 Å². The van der Waals surface area contributed by atoms with Crippen molar-refractivity contribution in [2.24, 2.45) is 0 Å². The topological polar surface area (TPSA) is 58.6 Å². The molecule has 1 heterocycles. The van der Waals surface area contributed by atoms with Crippen molar-refractivity contribution in [1.82, 2.24) is 0 Å². The third-order valence-electron chi connectivity index (χ3n) is 3.91. The summed E-state index contributed by atoms with van der Waals surface area (Å²) in [7, 11) is 1.48. The zero-order chi connectivity index (χ0) is 17.8. The molecular formula is C19H20N2O3S. The minimum Gasteiger partial charge on any atom is -0.375 e. The van der Waals surface area contributed by atoms with Crippen molar-refractivity contribution in [3.05, 3.63) is 59.7 Å². The van der Waals surface area contributed by atoms with Crippen LogP contribution in [0.5, 0.6) is 0 Å². The number of hydrogen-bond acceptors (Lipinski definition) is 4. The fourth-order valence-electron chi connectivity index (χ4n) is 2.75. The number of ether oxygens (including phenoxy) is 1.